The van der Waals surface area contributed by atoms with Crippen LogP contribution in [0.2, 0.25) is 0 Å². The number of sulfone groups is 1. The summed E-state index contributed by atoms with van der Waals surface area (Å²) in [5.41, 5.74) is 3.19. The molecule has 0 amide bonds. The van der Waals surface area contributed by atoms with Crippen LogP contribution >= 0.6 is 8.35 Å². The van der Waals surface area contributed by atoms with E-state index in [1.165, 1.54) is 0 Å². The Hall–Kier alpha value is -2.50. The van der Waals surface area contributed by atoms with Crippen LogP contribution in [0.5, 0.6) is 0 Å². The number of nitrogens with zero attached hydrogens (tertiary/aromatic N) is 3. The molecule has 1 aliphatic heterocycles. The summed E-state index contributed by atoms with van der Waals surface area (Å²) in [6.45, 7) is 2.94. The number of aliphatic imine (C=N–C) groups is 1. The van der Waals surface area contributed by atoms with E-state index in [-0.39, 0.29) is 16.3 Å². The van der Waals surface area contributed by atoms with E-state index in [2.05, 4.69) is 10.1 Å². The molecule has 6 nitrogen and oxygen atoms in total. The van der Waals surface area contributed by atoms with E-state index >= 15 is 0 Å². The van der Waals surface area contributed by atoms with Crippen LogP contribution in [-0.2, 0) is 14.6 Å². The zero-order chi connectivity index (χ0) is 18.9. The van der Waals surface area contributed by atoms with Crippen molar-refractivity contribution in [3.8, 4) is 16.9 Å². The maximum Gasteiger partial charge on any atom is 0.199 e. The summed E-state index contributed by atoms with van der Waals surface area (Å²) in [7, 11) is -3.11. The number of hydrogen-bond acceptors (Lipinski definition) is 5. The van der Waals surface area contributed by atoms with Gasteiger partial charge in [-0.3, -0.25) is 4.99 Å². The number of hydrogen-bond donors (Lipinski definition) is 0. The minimum Gasteiger partial charge on any atom is -0.478 e. The molecular formula is C19H18N3O3PS. The lowest BCUT2D eigenvalue weighted by Crippen LogP contribution is -2.16. The van der Waals surface area contributed by atoms with E-state index in [4.69, 9.17) is 4.74 Å². The van der Waals surface area contributed by atoms with Crippen LogP contribution in [0.25, 0.3) is 16.9 Å². The Balaban J connectivity index is 1.83. The summed E-state index contributed by atoms with van der Waals surface area (Å²) in [4.78, 5) is 4.12. The van der Waals surface area contributed by atoms with Crippen molar-refractivity contribution >= 4 is 24.1 Å². The van der Waals surface area contributed by atoms with Crippen molar-refractivity contribution in [2.75, 3.05) is 18.9 Å². The number of aromatic nitrogens is 2. The van der Waals surface area contributed by atoms with Gasteiger partial charge in [-0.15, -0.1) is 0 Å². The minimum atomic E-state index is -3.62. The number of para-hydroxylation sites is 1. The molecule has 0 fully saturated rings. The van der Waals surface area contributed by atoms with Gasteiger partial charge in [-0.05, 0) is 19.1 Å². The molecule has 0 bridgehead atoms. The fourth-order valence-electron chi connectivity index (χ4n) is 2.77. The Morgan fingerprint density at radius 1 is 1.11 bits per heavy atom. The summed E-state index contributed by atoms with van der Waals surface area (Å²) in [5.74, 6) is 0.0437. The lowest BCUT2D eigenvalue weighted by atomic mass is 10.1. The lowest BCUT2D eigenvalue weighted by molar-refractivity contribution is 0.345. The number of aryl methyl sites for hydroxylation is 1. The van der Waals surface area contributed by atoms with E-state index < -0.39 is 9.84 Å². The standard InChI is InChI=1S/C19H18N3O3PS/c1-14-7-9-15(10-8-14)18-19(27(23,24)13-17-20-11-12-25-17)26-22(21-18)16-5-3-2-4-6-16/h2-10H,11-13H2,1H3. The highest BCUT2D eigenvalue weighted by Crippen LogP contribution is 2.35. The van der Waals surface area contributed by atoms with Crippen LogP contribution in [-0.4, -0.2) is 42.8 Å². The van der Waals surface area contributed by atoms with Crippen molar-refractivity contribution in [3.63, 3.8) is 0 Å². The van der Waals surface area contributed by atoms with E-state index in [1.807, 2.05) is 61.5 Å². The van der Waals surface area contributed by atoms with Crippen LogP contribution in [0.4, 0.5) is 0 Å². The predicted octanol–water partition coefficient (Wildman–Crippen LogP) is 3.63. The minimum absolute atomic E-state index is 0.233. The third-order valence-corrected chi connectivity index (χ3v) is 7.54. The topological polar surface area (TPSA) is 73.5 Å². The van der Waals surface area contributed by atoms with Gasteiger partial charge in [0.1, 0.15) is 22.7 Å². The molecule has 0 N–H and O–H groups in total. The molecule has 0 saturated heterocycles. The Morgan fingerprint density at radius 2 is 1.85 bits per heavy atom. The van der Waals surface area contributed by atoms with Gasteiger partial charge in [-0.25, -0.2) is 12.9 Å². The summed E-state index contributed by atoms with van der Waals surface area (Å²) < 4.78 is 33.5. The summed E-state index contributed by atoms with van der Waals surface area (Å²) in [6.07, 6.45) is 0. The van der Waals surface area contributed by atoms with Crippen LogP contribution in [0.3, 0.4) is 0 Å². The van der Waals surface area contributed by atoms with Gasteiger partial charge in [0.15, 0.2) is 15.7 Å². The second kappa shape index (κ2) is 7.25. The lowest BCUT2D eigenvalue weighted by Gasteiger charge is -2.05. The first-order chi connectivity index (χ1) is 13.0. The molecule has 0 unspecified atom stereocenters. The predicted molar refractivity (Wildman–Crippen MR) is 107 cm³/mol. The van der Waals surface area contributed by atoms with Crippen molar-refractivity contribution in [1.82, 2.24) is 9.54 Å². The third-order valence-electron chi connectivity index (χ3n) is 4.15. The van der Waals surface area contributed by atoms with Gasteiger partial charge in [0.05, 0.1) is 20.6 Å². The van der Waals surface area contributed by atoms with Crippen molar-refractivity contribution in [2.45, 2.75) is 11.6 Å². The molecule has 27 heavy (non-hydrogen) atoms. The quantitative estimate of drug-likeness (QED) is 0.657. The zero-order valence-electron chi connectivity index (χ0n) is 14.7. The summed E-state index contributed by atoms with van der Waals surface area (Å²) in [5, 5.41) is 4.62. The fourth-order valence-corrected chi connectivity index (χ4v) is 5.61. The first-order valence-electron chi connectivity index (χ1n) is 8.52. The van der Waals surface area contributed by atoms with Crippen LogP contribution in [0.15, 0.2) is 64.2 Å². The molecule has 138 valence electrons. The molecule has 0 aliphatic carbocycles. The molecule has 0 radical (unpaired) electrons. The third kappa shape index (κ3) is 3.80. The van der Waals surface area contributed by atoms with Gasteiger partial charge in [-0.1, -0.05) is 48.0 Å². The highest BCUT2D eigenvalue weighted by atomic mass is 32.2. The van der Waals surface area contributed by atoms with Gasteiger partial charge < -0.3 is 4.74 Å². The second-order valence-corrected chi connectivity index (χ2v) is 9.48. The molecule has 1 aliphatic rings. The summed E-state index contributed by atoms with van der Waals surface area (Å²) in [6, 6.07) is 17.2. The highest BCUT2D eigenvalue weighted by molar-refractivity contribution is 7.94. The van der Waals surface area contributed by atoms with Gasteiger partial charge >= 0.3 is 0 Å². The smallest absolute Gasteiger partial charge is 0.199 e. The van der Waals surface area contributed by atoms with Gasteiger partial charge in [-0.2, -0.15) is 5.10 Å². The Morgan fingerprint density at radius 3 is 2.52 bits per heavy atom. The molecule has 2 heterocycles. The van der Waals surface area contributed by atoms with Gasteiger partial charge in [0.25, 0.3) is 0 Å². The molecule has 4 rings (SSSR count). The van der Waals surface area contributed by atoms with Crippen LogP contribution < -0.4 is 0 Å². The Bertz CT molecular complexity index is 1090. The zero-order valence-corrected chi connectivity index (χ0v) is 16.5. The number of ether oxygens (including phenoxy) is 1. The first kappa shape index (κ1) is 17.9. The van der Waals surface area contributed by atoms with Crippen molar-refractivity contribution in [1.29, 1.82) is 0 Å². The maximum atomic E-state index is 13.1. The average Bonchev–Trinajstić information content (AvgIpc) is 3.33. The normalized spacial score (nSPS) is 14.3. The second-order valence-electron chi connectivity index (χ2n) is 6.23. The number of benzene rings is 2. The monoisotopic (exact) mass is 399 g/mol. The molecule has 0 atom stereocenters. The molecule has 0 saturated carbocycles. The molecule has 0 spiro atoms. The Labute approximate surface area is 159 Å². The molecule has 1 aromatic heterocycles. The van der Waals surface area contributed by atoms with Crippen molar-refractivity contribution < 1.29 is 13.2 Å². The molecule has 2 aromatic carbocycles. The first-order valence-corrected chi connectivity index (χ1v) is 11.0. The van der Waals surface area contributed by atoms with E-state index in [0.29, 0.717) is 27.2 Å². The van der Waals surface area contributed by atoms with Gasteiger partial charge in [0, 0.05) is 5.56 Å². The van der Waals surface area contributed by atoms with E-state index in [0.717, 1.165) is 16.8 Å². The van der Waals surface area contributed by atoms with Crippen molar-refractivity contribution in [3.05, 3.63) is 60.2 Å². The highest BCUT2D eigenvalue weighted by Gasteiger charge is 2.28. The molecular weight excluding hydrogens is 381 g/mol. The average molecular weight is 399 g/mol. The maximum absolute atomic E-state index is 13.1. The van der Waals surface area contributed by atoms with E-state index in [9.17, 15) is 8.42 Å². The molecule has 3 aromatic rings. The SMILES string of the molecule is Cc1ccc(-c2nn(-c3ccccc3)pc2S(=O)(=O)CC2=NCCO2)cc1. The van der Waals surface area contributed by atoms with Crippen molar-refractivity contribution in [2.24, 2.45) is 4.99 Å². The van der Waals surface area contributed by atoms with Gasteiger partial charge in [0.2, 0.25) is 0 Å². The van der Waals surface area contributed by atoms with Crippen LogP contribution in [0.1, 0.15) is 5.56 Å². The number of rotatable bonds is 5. The van der Waals surface area contributed by atoms with Crippen LogP contribution in [0, 0.1) is 6.92 Å². The Kier molecular flexibility index (Phi) is 4.81. The largest absolute Gasteiger partial charge is 0.478 e. The fraction of sp³-hybridized carbons (Fsp3) is 0.211. The van der Waals surface area contributed by atoms with E-state index in [1.54, 1.807) is 4.44 Å². The summed E-state index contributed by atoms with van der Waals surface area (Å²) >= 11 is 0. The molecule has 8 heteroatoms.